The summed E-state index contributed by atoms with van der Waals surface area (Å²) in [5.74, 6) is 2.26. The third-order valence-electron chi connectivity index (χ3n) is 4.22. The number of aryl methyl sites for hydroxylation is 1. The van der Waals surface area contributed by atoms with E-state index in [9.17, 15) is 0 Å². The highest BCUT2D eigenvalue weighted by Crippen LogP contribution is 2.35. The first-order chi connectivity index (χ1) is 8.56. The van der Waals surface area contributed by atoms with Gasteiger partial charge < -0.3 is 4.74 Å². The first-order valence-electron chi connectivity index (χ1n) is 7.19. The molecule has 3 heteroatoms. The van der Waals surface area contributed by atoms with Gasteiger partial charge in [0.25, 0.3) is 0 Å². The molecule has 2 rings (SSSR count). The lowest BCUT2D eigenvalue weighted by atomic mass is 9.75. The van der Waals surface area contributed by atoms with Gasteiger partial charge in [0.05, 0.1) is 13.2 Å². The highest BCUT2D eigenvalue weighted by molar-refractivity contribution is 4.81. The standard InChI is InChI=1S/C15H27N2O/c1-12(2)14-6-5-13(3)9-15(14)18-11-17-8-7-16(4)10-17/h7-8,10,12-15H,5-6,9,11H2,1-4H3/q+1/t13-,14-,15-/m1/s1. The third kappa shape index (κ3) is 3.35. The Morgan fingerprint density at radius 1 is 1.39 bits per heavy atom. The fourth-order valence-corrected chi connectivity index (χ4v) is 3.07. The van der Waals surface area contributed by atoms with Gasteiger partial charge in [0.2, 0.25) is 6.33 Å². The van der Waals surface area contributed by atoms with Crippen LogP contribution in [0.1, 0.15) is 40.0 Å². The maximum Gasteiger partial charge on any atom is 0.245 e. The topological polar surface area (TPSA) is 18.0 Å². The molecule has 0 spiro atoms. The summed E-state index contributed by atoms with van der Waals surface area (Å²) in [5, 5.41) is 0. The first kappa shape index (κ1) is 13.6. The van der Waals surface area contributed by atoms with E-state index in [1.54, 1.807) is 0 Å². The smallest absolute Gasteiger partial charge is 0.245 e. The summed E-state index contributed by atoms with van der Waals surface area (Å²) in [6, 6.07) is 0. The number of nitrogens with zero attached hydrogens (tertiary/aromatic N) is 2. The van der Waals surface area contributed by atoms with E-state index in [0.717, 1.165) is 17.8 Å². The van der Waals surface area contributed by atoms with Crippen molar-refractivity contribution in [3.8, 4) is 0 Å². The monoisotopic (exact) mass is 251 g/mol. The van der Waals surface area contributed by atoms with Gasteiger partial charge in [0, 0.05) is 0 Å². The zero-order chi connectivity index (χ0) is 13.1. The van der Waals surface area contributed by atoms with Crippen LogP contribution in [-0.2, 0) is 18.5 Å². The first-order valence-corrected chi connectivity index (χ1v) is 7.19. The van der Waals surface area contributed by atoms with Crippen molar-refractivity contribution in [3.05, 3.63) is 18.7 Å². The van der Waals surface area contributed by atoms with Crippen LogP contribution in [0.2, 0.25) is 0 Å². The minimum absolute atomic E-state index is 0.432. The molecule has 3 atom stereocenters. The molecule has 3 nitrogen and oxygen atoms in total. The molecule has 1 aliphatic carbocycles. The Hall–Kier alpha value is -0.830. The van der Waals surface area contributed by atoms with Crippen molar-refractivity contribution in [2.45, 2.75) is 52.9 Å². The SMILES string of the molecule is CC(C)[C@H]1CC[C@@H](C)C[C@H]1OCn1cc[n+](C)c1. The lowest BCUT2D eigenvalue weighted by molar-refractivity contribution is -0.671. The Labute approximate surface area is 111 Å². The summed E-state index contributed by atoms with van der Waals surface area (Å²) in [7, 11) is 2.04. The van der Waals surface area contributed by atoms with Crippen LogP contribution in [0.5, 0.6) is 0 Å². The van der Waals surface area contributed by atoms with Gasteiger partial charge in [0.15, 0.2) is 6.73 Å². The summed E-state index contributed by atoms with van der Waals surface area (Å²) in [5.41, 5.74) is 0. The van der Waals surface area contributed by atoms with Crippen molar-refractivity contribution in [1.29, 1.82) is 0 Å². The summed E-state index contributed by atoms with van der Waals surface area (Å²) in [6.07, 6.45) is 10.5. The second-order valence-electron chi connectivity index (χ2n) is 6.25. The number of ether oxygens (including phenoxy) is 1. The molecule has 1 saturated carbocycles. The molecule has 1 heterocycles. The van der Waals surface area contributed by atoms with E-state index in [4.69, 9.17) is 4.74 Å². The van der Waals surface area contributed by atoms with E-state index in [0.29, 0.717) is 12.8 Å². The van der Waals surface area contributed by atoms with Gasteiger partial charge in [-0.25, -0.2) is 9.13 Å². The number of rotatable bonds is 4. The second kappa shape index (κ2) is 5.87. The summed E-state index contributed by atoms with van der Waals surface area (Å²) < 4.78 is 10.3. The molecule has 0 aromatic carbocycles. The van der Waals surface area contributed by atoms with Crippen molar-refractivity contribution in [2.24, 2.45) is 24.8 Å². The van der Waals surface area contributed by atoms with Crippen molar-refractivity contribution in [2.75, 3.05) is 0 Å². The molecule has 0 bridgehead atoms. The lowest BCUT2D eigenvalue weighted by Crippen LogP contribution is -2.34. The van der Waals surface area contributed by atoms with E-state index in [2.05, 4.69) is 37.9 Å². The van der Waals surface area contributed by atoms with Crippen LogP contribution >= 0.6 is 0 Å². The molecular formula is C15H27N2O+. The van der Waals surface area contributed by atoms with Gasteiger partial charge in [-0.2, -0.15) is 0 Å². The van der Waals surface area contributed by atoms with Crippen LogP contribution in [0.4, 0.5) is 0 Å². The molecule has 102 valence electrons. The summed E-state index contributed by atoms with van der Waals surface area (Å²) in [6.45, 7) is 7.68. The number of aromatic nitrogens is 2. The van der Waals surface area contributed by atoms with E-state index < -0.39 is 0 Å². The van der Waals surface area contributed by atoms with Gasteiger partial charge in [-0.1, -0.05) is 27.2 Å². The second-order valence-corrected chi connectivity index (χ2v) is 6.25. The molecule has 1 aliphatic rings. The predicted octanol–water partition coefficient (Wildman–Crippen LogP) is 2.75. The van der Waals surface area contributed by atoms with E-state index in [1.165, 1.54) is 19.3 Å². The minimum atomic E-state index is 0.432. The van der Waals surface area contributed by atoms with E-state index in [-0.39, 0.29) is 0 Å². The quantitative estimate of drug-likeness (QED) is 0.753. The molecular weight excluding hydrogens is 224 g/mol. The normalized spacial score (nSPS) is 28.8. The molecule has 0 radical (unpaired) electrons. The Balaban J connectivity index is 1.92. The molecule has 0 saturated heterocycles. The number of hydrogen-bond acceptors (Lipinski definition) is 1. The van der Waals surface area contributed by atoms with Gasteiger partial charge >= 0.3 is 0 Å². The highest BCUT2D eigenvalue weighted by atomic mass is 16.5. The van der Waals surface area contributed by atoms with Crippen LogP contribution in [0.15, 0.2) is 18.7 Å². The van der Waals surface area contributed by atoms with E-state index >= 15 is 0 Å². The van der Waals surface area contributed by atoms with Crippen molar-refractivity contribution < 1.29 is 9.30 Å². The zero-order valence-electron chi connectivity index (χ0n) is 12.2. The average Bonchev–Trinajstić information content (AvgIpc) is 2.72. The van der Waals surface area contributed by atoms with Crippen LogP contribution in [0, 0.1) is 17.8 Å². The van der Waals surface area contributed by atoms with Gasteiger partial charge in [-0.15, -0.1) is 0 Å². The van der Waals surface area contributed by atoms with E-state index in [1.807, 2.05) is 17.8 Å². The molecule has 0 amide bonds. The minimum Gasteiger partial charge on any atom is -0.338 e. The maximum atomic E-state index is 6.18. The third-order valence-corrected chi connectivity index (χ3v) is 4.22. The molecule has 18 heavy (non-hydrogen) atoms. The summed E-state index contributed by atoms with van der Waals surface area (Å²) in [4.78, 5) is 0. The average molecular weight is 251 g/mol. The Kier molecular flexibility index (Phi) is 4.44. The number of imidazole rings is 1. The van der Waals surface area contributed by atoms with Crippen molar-refractivity contribution >= 4 is 0 Å². The van der Waals surface area contributed by atoms with Gasteiger partial charge in [0.1, 0.15) is 12.4 Å². The van der Waals surface area contributed by atoms with Crippen LogP contribution in [0.3, 0.4) is 0 Å². The van der Waals surface area contributed by atoms with Crippen molar-refractivity contribution in [3.63, 3.8) is 0 Å². The van der Waals surface area contributed by atoms with Crippen LogP contribution in [-0.4, -0.2) is 10.7 Å². The molecule has 1 aromatic rings. The molecule has 0 aliphatic heterocycles. The van der Waals surface area contributed by atoms with Crippen LogP contribution in [0.25, 0.3) is 0 Å². The predicted molar refractivity (Wildman–Crippen MR) is 71.8 cm³/mol. The van der Waals surface area contributed by atoms with Gasteiger partial charge in [-0.05, 0) is 30.6 Å². The largest absolute Gasteiger partial charge is 0.338 e. The fraction of sp³-hybridized carbons (Fsp3) is 0.800. The van der Waals surface area contributed by atoms with Gasteiger partial charge in [-0.3, -0.25) is 0 Å². The molecule has 1 fully saturated rings. The molecule has 0 N–H and O–H groups in total. The number of hydrogen-bond donors (Lipinski definition) is 0. The Bertz CT molecular complexity index is 372. The Morgan fingerprint density at radius 3 is 2.78 bits per heavy atom. The summed E-state index contributed by atoms with van der Waals surface area (Å²) >= 11 is 0. The maximum absolute atomic E-state index is 6.18. The zero-order valence-corrected chi connectivity index (χ0v) is 12.2. The molecule has 1 aromatic heterocycles. The lowest BCUT2D eigenvalue weighted by Gasteiger charge is -2.36. The Morgan fingerprint density at radius 2 is 2.17 bits per heavy atom. The molecule has 0 unspecified atom stereocenters. The highest BCUT2D eigenvalue weighted by Gasteiger charge is 2.31. The van der Waals surface area contributed by atoms with Crippen LogP contribution < -0.4 is 4.57 Å². The fourth-order valence-electron chi connectivity index (χ4n) is 3.07. The van der Waals surface area contributed by atoms with Crippen molar-refractivity contribution in [1.82, 2.24) is 4.57 Å².